The van der Waals surface area contributed by atoms with Gasteiger partial charge in [-0.25, -0.2) is 0 Å². The van der Waals surface area contributed by atoms with Gasteiger partial charge in [0.05, 0.1) is 0 Å². The summed E-state index contributed by atoms with van der Waals surface area (Å²) < 4.78 is 11.2. The summed E-state index contributed by atoms with van der Waals surface area (Å²) in [6.45, 7) is 5.25. The zero-order chi connectivity index (χ0) is 12.0. The third kappa shape index (κ3) is 4.96. The van der Waals surface area contributed by atoms with Gasteiger partial charge in [-0.1, -0.05) is 19.8 Å². The standard InChI is InChI=1S/C13H27NOS/c1-4-5-12-6-8-13(9-7-12)14-10-11(2)16(3)15/h11-14H,4-10H2,1-3H3. The molecule has 1 saturated carbocycles. The van der Waals surface area contributed by atoms with Crippen LogP contribution in [-0.4, -0.2) is 28.3 Å². The highest BCUT2D eigenvalue weighted by Crippen LogP contribution is 2.27. The Hall–Kier alpha value is 0.110. The number of rotatable bonds is 6. The first-order valence-corrected chi connectivity index (χ1v) is 8.31. The van der Waals surface area contributed by atoms with E-state index in [0.29, 0.717) is 6.04 Å². The van der Waals surface area contributed by atoms with E-state index in [4.69, 9.17) is 0 Å². The van der Waals surface area contributed by atoms with Crippen LogP contribution >= 0.6 is 0 Å². The van der Waals surface area contributed by atoms with Crippen molar-refractivity contribution in [2.45, 2.75) is 63.7 Å². The maximum Gasteiger partial charge on any atom is 0.0441 e. The van der Waals surface area contributed by atoms with Gasteiger partial charge in [0.15, 0.2) is 0 Å². The molecule has 0 aliphatic heterocycles. The van der Waals surface area contributed by atoms with Crippen LogP contribution in [0.1, 0.15) is 52.4 Å². The third-order valence-corrected chi connectivity index (χ3v) is 5.10. The maximum absolute atomic E-state index is 11.2. The summed E-state index contributed by atoms with van der Waals surface area (Å²) in [4.78, 5) is 0. The molecule has 0 amide bonds. The summed E-state index contributed by atoms with van der Waals surface area (Å²) in [7, 11) is -0.687. The molecule has 1 aliphatic rings. The van der Waals surface area contributed by atoms with Gasteiger partial charge in [0.2, 0.25) is 0 Å². The molecule has 1 aliphatic carbocycles. The van der Waals surface area contributed by atoms with Gasteiger partial charge in [-0.15, -0.1) is 0 Å². The van der Waals surface area contributed by atoms with Crippen LogP contribution < -0.4 is 5.32 Å². The van der Waals surface area contributed by atoms with Gasteiger partial charge in [0.25, 0.3) is 0 Å². The van der Waals surface area contributed by atoms with E-state index in [1.165, 1.54) is 38.5 Å². The fourth-order valence-corrected chi connectivity index (χ4v) is 2.84. The highest BCUT2D eigenvalue weighted by molar-refractivity contribution is 7.84. The van der Waals surface area contributed by atoms with Gasteiger partial charge in [-0.2, -0.15) is 0 Å². The normalized spacial score (nSPS) is 29.9. The second-order valence-corrected chi connectivity index (χ2v) is 7.03. The first-order valence-electron chi connectivity index (χ1n) is 6.69. The van der Waals surface area contributed by atoms with Crippen LogP contribution in [0.2, 0.25) is 0 Å². The molecule has 3 heteroatoms. The van der Waals surface area contributed by atoms with Crippen molar-refractivity contribution in [2.24, 2.45) is 5.92 Å². The van der Waals surface area contributed by atoms with Gasteiger partial charge in [0, 0.05) is 34.9 Å². The second kappa shape index (κ2) is 7.44. The Morgan fingerprint density at radius 3 is 2.44 bits per heavy atom. The van der Waals surface area contributed by atoms with Crippen molar-refractivity contribution >= 4 is 10.8 Å². The Balaban J connectivity index is 2.14. The molecule has 2 unspecified atom stereocenters. The van der Waals surface area contributed by atoms with E-state index in [2.05, 4.69) is 19.2 Å². The largest absolute Gasteiger partial charge is 0.313 e. The van der Waals surface area contributed by atoms with Crippen molar-refractivity contribution in [1.29, 1.82) is 0 Å². The van der Waals surface area contributed by atoms with Crippen molar-refractivity contribution in [3.8, 4) is 0 Å². The molecule has 0 aromatic rings. The van der Waals surface area contributed by atoms with Crippen LogP contribution in [0.5, 0.6) is 0 Å². The Morgan fingerprint density at radius 2 is 1.94 bits per heavy atom. The van der Waals surface area contributed by atoms with Gasteiger partial charge >= 0.3 is 0 Å². The summed E-state index contributed by atoms with van der Waals surface area (Å²) >= 11 is 0. The predicted octanol–water partition coefficient (Wildman–Crippen LogP) is 2.70. The van der Waals surface area contributed by atoms with Crippen LogP contribution in [-0.2, 0) is 10.8 Å². The number of hydrogen-bond donors (Lipinski definition) is 1. The Morgan fingerprint density at radius 1 is 1.31 bits per heavy atom. The lowest BCUT2D eigenvalue weighted by Crippen LogP contribution is -2.38. The summed E-state index contributed by atoms with van der Waals surface area (Å²) in [5, 5.41) is 3.86. The maximum atomic E-state index is 11.2. The van der Waals surface area contributed by atoms with E-state index in [9.17, 15) is 4.21 Å². The smallest absolute Gasteiger partial charge is 0.0441 e. The zero-order valence-electron chi connectivity index (χ0n) is 11.0. The Bertz CT molecular complexity index is 212. The van der Waals surface area contributed by atoms with E-state index >= 15 is 0 Å². The lowest BCUT2D eigenvalue weighted by molar-refractivity contribution is 0.279. The molecule has 0 aromatic carbocycles. The van der Waals surface area contributed by atoms with Gasteiger partial charge in [-0.3, -0.25) is 4.21 Å². The highest BCUT2D eigenvalue weighted by Gasteiger charge is 2.20. The molecule has 2 atom stereocenters. The Labute approximate surface area is 103 Å². The van der Waals surface area contributed by atoms with Crippen LogP contribution in [0.25, 0.3) is 0 Å². The van der Waals surface area contributed by atoms with E-state index in [1.807, 2.05) is 0 Å². The molecule has 1 N–H and O–H groups in total. The summed E-state index contributed by atoms with van der Waals surface area (Å²) in [6, 6.07) is 0.680. The number of nitrogens with one attached hydrogen (secondary N) is 1. The predicted molar refractivity (Wildman–Crippen MR) is 72.2 cm³/mol. The van der Waals surface area contributed by atoms with Gasteiger partial charge in [-0.05, 0) is 38.5 Å². The molecule has 1 fully saturated rings. The molecule has 0 radical (unpaired) electrons. The van der Waals surface area contributed by atoms with Crippen LogP contribution in [0.15, 0.2) is 0 Å². The molecule has 96 valence electrons. The van der Waals surface area contributed by atoms with E-state index in [0.717, 1.165) is 12.5 Å². The lowest BCUT2D eigenvalue weighted by atomic mass is 9.83. The van der Waals surface area contributed by atoms with Crippen LogP contribution in [0, 0.1) is 5.92 Å². The highest BCUT2D eigenvalue weighted by atomic mass is 32.2. The fourth-order valence-electron chi connectivity index (χ4n) is 2.51. The second-order valence-electron chi connectivity index (χ2n) is 5.22. The lowest BCUT2D eigenvalue weighted by Gasteiger charge is -2.29. The van der Waals surface area contributed by atoms with Gasteiger partial charge < -0.3 is 5.32 Å². The first kappa shape index (κ1) is 14.2. The van der Waals surface area contributed by atoms with Crippen LogP contribution in [0.3, 0.4) is 0 Å². The number of hydrogen-bond acceptors (Lipinski definition) is 2. The quantitative estimate of drug-likeness (QED) is 0.779. The molecule has 2 nitrogen and oxygen atoms in total. The molecule has 0 bridgehead atoms. The van der Waals surface area contributed by atoms with Crippen molar-refractivity contribution < 1.29 is 4.21 Å². The fraction of sp³-hybridized carbons (Fsp3) is 1.00. The molecule has 0 saturated heterocycles. The summed E-state index contributed by atoms with van der Waals surface area (Å²) in [6.07, 6.45) is 9.92. The molecule has 16 heavy (non-hydrogen) atoms. The van der Waals surface area contributed by atoms with E-state index < -0.39 is 10.8 Å². The topological polar surface area (TPSA) is 29.1 Å². The molecular weight excluding hydrogens is 218 g/mol. The van der Waals surface area contributed by atoms with Gasteiger partial charge in [0.1, 0.15) is 0 Å². The molecular formula is C13H27NOS. The minimum Gasteiger partial charge on any atom is -0.313 e. The van der Waals surface area contributed by atoms with Crippen molar-refractivity contribution in [2.75, 3.05) is 12.8 Å². The molecule has 0 spiro atoms. The molecule has 0 aromatic heterocycles. The van der Waals surface area contributed by atoms with Crippen molar-refractivity contribution in [1.82, 2.24) is 5.32 Å². The average Bonchev–Trinajstić information content (AvgIpc) is 2.28. The zero-order valence-corrected chi connectivity index (χ0v) is 11.8. The van der Waals surface area contributed by atoms with E-state index in [1.54, 1.807) is 6.26 Å². The monoisotopic (exact) mass is 245 g/mol. The minimum absolute atomic E-state index is 0.286. The Kier molecular flexibility index (Phi) is 6.59. The summed E-state index contributed by atoms with van der Waals surface area (Å²) in [5.74, 6) is 0.973. The van der Waals surface area contributed by atoms with Crippen LogP contribution in [0.4, 0.5) is 0 Å². The molecule has 0 heterocycles. The first-order chi connectivity index (χ1) is 7.63. The minimum atomic E-state index is -0.687. The molecule has 1 rings (SSSR count). The third-order valence-electron chi connectivity index (χ3n) is 3.80. The average molecular weight is 245 g/mol. The van der Waals surface area contributed by atoms with Crippen molar-refractivity contribution in [3.63, 3.8) is 0 Å². The SMILES string of the molecule is CCCC1CCC(NCC(C)S(C)=O)CC1. The van der Waals surface area contributed by atoms with E-state index in [-0.39, 0.29) is 5.25 Å². The summed E-state index contributed by atoms with van der Waals surface area (Å²) in [5.41, 5.74) is 0. The van der Waals surface area contributed by atoms with Crippen molar-refractivity contribution in [3.05, 3.63) is 0 Å².